The van der Waals surface area contributed by atoms with Crippen LogP contribution in [0.3, 0.4) is 0 Å². The van der Waals surface area contributed by atoms with Gasteiger partial charge in [0.25, 0.3) is 0 Å². The lowest BCUT2D eigenvalue weighted by molar-refractivity contribution is 0.996. The summed E-state index contributed by atoms with van der Waals surface area (Å²) in [6.07, 6.45) is 0. The first kappa shape index (κ1) is 28.3. The van der Waals surface area contributed by atoms with Crippen LogP contribution in [0.4, 0.5) is 0 Å². The number of para-hydroxylation sites is 3. The van der Waals surface area contributed by atoms with Crippen molar-refractivity contribution in [1.29, 1.82) is 0 Å². The Morgan fingerprint density at radius 1 is 0.392 bits per heavy atom. The van der Waals surface area contributed by atoms with Gasteiger partial charge < -0.3 is 4.57 Å². The van der Waals surface area contributed by atoms with Crippen LogP contribution >= 0.6 is 11.3 Å². The maximum atomic E-state index is 5.26. The van der Waals surface area contributed by atoms with Crippen LogP contribution in [-0.2, 0) is 0 Å². The number of hydrogen-bond acceptors (Lipinski definition) is 3. The van der Waals surface area contributed by atoms with E-state index in [9.17, 15) is 0 Å². The highest BCUT2D eigenvalue weighted by molar-refractivity contribution is 7.26. The molecular weight excluding hydrogens is 641 g/mol. The highest BCUT2D eigenvalue weighted by Gasteiger charge is 2.21. The van der Waals surface area contributed by atoms with E-state index in [1.165, 1.54) is 58.4 Å². The molecule has 0 atom stereocenters. The lowest BCUT2D eigenvalue weighted by atomic mass is 10.1. The van der Waals surface area contributed by atoms with Gasteiger partial charge in [-0.25, -0.2) is 9.97 Å². The van der Waals surface area contributed by atoms with Crippen molar-refractivity contribution in [2.75, 3.05) is 0 Å². The van der Waals surface area contributed by atoms with E-state index in [-0.39, 0.29) is 0 Å². The van der Waals surface area contributed by atoms with Crippen molar-refractivity contribution >= 4 is 75.1 Å². The van der Waals surface area contributed by atoms with Crippen LogP contribution in [-0.4, -0.2) is 19.1 Å². The molecule has 0 radical (unpaired) electrons. The van der Waals surface area contributed by atoms with Crippen molar-refractivity contribution in [2.24, 2.45) is 0 Å². The fourth-order valence-electron chi connectivity index (χ4n) is 7.85. The molecule has 0 fully saturated rings. The molecular formula is C46H28N4S. The molecule has 11 rings (SSSR count). The lowest BCUT2D eigenvalue weighted by Crippen LogP contribution is -2.03. The van der Waals surface area contributed by atoms with Crippen LogP contribution in [0.1, 0.15) is 0 Å². The van der Waals surface area contributed by atoms with Crippen LogP contribution in [0.15, 0.2) is 170 Å². The Hall–Kier alpha value is -6.56. The minimum absolute atomic E-state index is 0.661. The van der Waals surface area contributed by atoms with Gasteiger partial charge in [0.05, 0.1) is 38.2 Å². The van der Waals surface area contributed by atoms with Crippen molar-refractivity contribution in [1.82, 2.24) is 19.1 Å². The van der Waals surface area contributed by atoms with Crippen LogP contribution < -0.4 is 0 Å². The van der Waals surface area contributed by atoms with Crippen molar-refractivity contribution < 1.29 is 0 Å². The van der Waals surface area contributed by atoms with Gasteiger partial charge in [0.15, 0.2) is 0 Å². The average Bonchev–Trinajstić information content (AvgIpc) is 3.85. The molecule has 0 aliphatic heterocycles. The summed E-state index contributed by atoms with van der Waals surface area (Å²) in [4.78, 5) is 10.5. The summed E-state index contributed by atoms with van der Waals surface area (Å²) < 4.78 is 7.22. The summed E-state index contributed by atoms with van der Waals surface area (Å²) >= 11 is 1.87. The second-order valence-corrected chi connectivity index (χ2v) is 14.1. The summed E-state index contributed by atoms with van der Waals surface area (Å²) in [5, 5.41) is 7.45. The summed E-state index contributed by atoms with van der Waals surface area (Å²) in [5.74, 6) is 0.661. The van der Waals surface area contributed by atoms with E-state index in [0.717, 1.165) is 33.5 Å². The summed E-state index contributed by atoms with van der Waals surface area (Å²) in [6.45, 7) is 0. The molecule has 4 heterocycles. The zero-order valence-electron chi connectivity index (χ0n) is 27.4. The fraction of sp³-hybridized carbons (Fsp3) is 0. The van der Waals surface area contributed by atoms with E-state index in [4.69, 9.17) is 9.97 Å². The van der Waals surface area contributed by atoms with E-state index in [0.29, 0.717) is 5.95 Å². The maximum absolute atomic E-state index is 5.26. The number of aromatic nitrogens is 4. The van der Waals surface area contributed by atoms with E-state index in [1.54, 1.807) is 0 Å². The molecule has 4 aromatic heterocycles. The highest BCUT2D eigenvalue weighted by Crippen LogP contribution is 2.45. The highest BCUT2D eigenvalue weighted by atomic mass is 32.1. The predicted octanol–water partition coefficient (Wildman–Crippen LogP) is 12.4. The molecule has 0 saturated heterocycles. The largest absolute Gasteiger partial charge is 0.308 e. The standard InChI is InChI=1S/C46H28N4S/c1-4-14-29(15-5-1)38-27-39(30-16-6-2-7-17-30)48-46(47-38)50-41-23-13-11-21-33(41)36-26-37-35-25-24-34-32-20-10-12-22-40(32)49(31-18-8-3-9-19-31)44(34)45(35)51-43(37)28-42(36)50/h1-28H. The zero-order valence-corrected chi connectivity index (χ0v) is 28.2. The minimum Gasteiger partial charge on any atom is -0.308 e. The van der Waals surface area contributed by atoms with Gasteiger partial charge in [0.2, 0.25) is 5.95 Å². The molecule has 238 valence electrons. The van der Waals surface area contributed by atoms with Crippen LogP contribution in [0.2, 0.25) is 0 Å². The van der Waals surface area contributed by atoms with Crippen LogP contribution in [0.25, 0.3) is 97.9 Å². The third-order valence-corrected chi connectivity index (χ3v) is 11.3. The Kier molecular flexibility index (Phi) is 6.09. The van der Waals surface area contributed by atoms with Gasteiger partial charge in [0.1, 0.15) is 0 Å². The van der Waals surface area contributed by atoms with Crippen LogP contribution in [0, 0.1) is 0 Å². The Morgan fingerprint density at radius 3 is 1.61 bits per heavy atom. The second kappa shape index (κ2) is 11.0. The molecule has 0 unspecified atom stereocenters. The Balaban J connectivity index is 1.23. The average molecular weight is 669 g/mol. The molecule has 51 heavy (non-hydrogen) atoms. The zero-order chi connectivity index (χ0) is 33.5. The number of hydrogen-bond donors (Lipinski definition) is 0. The predicted molar refractivity (Wildman–Crippen MR) is 214 cm³/mol. The molecule has 7 aromatic carbocycles. The lowest BCUT2D eigenvalue weighted by Gasteiger charge is -2.11. The smallest absolute Gasteiger partial charge is 0.235 e. The number of thiophene rings is 1. The number of nitrogens with zero attached hydrogens (tertiary/aromatic N) is 4. The van der Waals surface area contributed by atoms with E-state index < -0.39 is 0 Å². The molecule has 5 heteroatoms. The maximum Gasteiger partial charge on any atom is 0.235 e. The van der Waals surface area contributed by atoms with Gasteiger partial charge in [-0.2, -0.15) is 0 Å². The van der Waals surface area contributed by atoms with Crippen molar-refractivity contribution in [2.45, 2.75) is 0 Å². The summed E-state index contributed by atoms with van der Waals surface area (Å²) in [5.41, 5.74) is 9.73. The summed E-state index contributed by atoms with van der Waals surface area (Å²) in [7, 11) is 0. The Morgan fingerprint density at radius 2 is 0.941 bits per heavy atom. The third kappa shape index (κ3) is 4.25. The molecule has 4 nitrogen and oxygen atoms in total. The first-order chi connectivity index (χ1) is 25.3. The van der Waals surface area contributed by atoms with E-state index in [1.807, 2.05) is 23.5 Å². The van der Waals surface area contributed by atoms with Crippen molar-refractivity contribution in [3.8, 4) is 34.2 Å². The monoisotopic (exact) mass is 668 g/mol. The molecule has 0 spiro atoms. The number of rotatable bonds is 4. The van der Waals surface area contributed by atoms with Gasteiger partial charge in [-0.05, 0) is 42.5 Å². The second-order valence-electron chi connectivity index (χ2n) is 13.0. The fourth-order valence-corrected chi connectivity index (χ4v) is 9.11. The quantitative estimate of drug-likeness (QED) is 0.187. The van der Waals surface area contributed by atoms with Crippen molar-refractivity contribution in [3.63, 3.8) is 0 Å². The molecule has 0 amide bonds. The Labute approximate surface area is 297 Å². The molecule has 0 N–H and O–H groups in total. The molecule has 0 aliphatic carbocycles. The molecule has 0 bridgehead atoms. The number of benzene rings is 7. The normalized spacial score (nSPS) is 11.9. The van der Waals surface area contributed by atoms with Gasteiger partial charge in [-0.15, -0.1) is 11.3 Å². The first-order valence-electron chi connectivity index (χ1n) is 17.2. The third-order valence-electron chi connectivity index (χ3n) is 10.1. The van der Waals surface area contributed by atoms with E-state index >= 15 is 0 Å². The Bertz CT molecular complexity index is 3060. The molecule has 0 aliphatic rings. The van der Waals surface area contributed by atoms with E-state index in [2.05, 4.69) is 167 Å². The van der Waals surface area contributed by atoms with Crippen molar-refractivity contribution in [3.05, 3.63) is 170 Å². The van der Waals surface area contributed by atoms with Gasteiger partial charge in [-0.3, -0.25) is 4.57 Å². The topological polar surface area (TPSA) is 35.6 Å². The summed E-state index contributed by atoms with van der Waals surface area (Å²) in [6, 6.07) is 60.4. The molecule has 0 saturated carbocycles. The first-order valence-corrected chi connectivity index (χ1v) is 18.0. The van der Waals surface area contributed by atoms with Gasteiger partial charge in [0, 0.05) is 53.8 Å². The molecule has 11 aromatic rings. The van der Waals surface area contributed by atoms with Crippen LogP contribution in [0.5, 0.6) is 0 Å². The SMILES string of the molecule is c1ccc(-c2cc(-c3ccccc3)nc(-n3c4ccccc4c4cc5c(cc43)sc3c5ccc4c5ccccc5n(-c5ccccc5)c43)n2)cc1. The number of fused-ring (bicyclic) bond motifs is 10. The minimum atomic E-state index is 0.661. The van der Waals surface area contributed by atoms with Gasteiger partial charge in [-0.1, -0.05) is 127 Å². The van der Waals surface area contributed by atoms with Gasteiger partial charge >= 0.3 is 0 Å².